The lowest BCUT2D eigenvalue weighted by Crippen LogP contribution is -1.96. The van der Waals surface area contributed by atoms with Crippen LogP contribution in [0.25, 0.3) is 21.5 Å². The molecule has 36 heavy (non-hydrogen) atoms. The van der Waals surface area contributed by atoms with Crippen molar-refractivity contribution in [2.45, 2.75) is 12.8 Å². The van der Waals surface area contributed by atoms with E-state index in [0.29, 0.717) is 36.8 Å². The molecule has 2 N–H and O–H groups in total. The van der Waals surface area contributed by atoms with E-state index in [1.165, 1.54) is 0 Å². The second-order valence-electron chi connectivity index (χ2n) is 8.03. The molecule has 0 saturated heterocycles. The Morgan fingerprint density at radius 1 is 0.528 bits per heavy atom. The van der Waals surface area contributed by atoms with Gasteiger partial charge in [-0.05, 0) is 36.1 Å². The van der Waals surface area contributed by atoms with Gasteiger partial charge in [0.1, 0.15) is 36.2 Å². The van der Waals surface area contributed by atoms with Crippen LogP contribution in [0.2, 0.25) is 0 Å². The number of hydrogen-bond acceptors (Lipinski definition) is 4. The number of ether oxygens (including phenoxy) is 2. The van der Waals surface area contributed by atoms with Crippen molar-refractivity contribution in [1.29, 1.82) is 0 Å². The van der Waals surface area contributed by atoms with Gasteiger partial charge in [-0.25, -0.2) is 0 Å². The summed E-state index contributed by atoms with van der Waals surface area (Å²) in [6, 6.07) is 19.2. The molecule has 0 aliphatic rings. The van der Waals surface area contributed by atoms with Crippen LogP contribution >= 0.6 is 0 Å². The average Bonchev–Trinajstić information content (AvgIpc) is 2.90. The molecule has 0 amide bonds. The highest BCUT2D eigenvalue weighted by Crippen LogP contribution is 2.36. The largest absolute Gasteiger partial charge is 0.507 e. The normalized spacial score (nSPS) is 10.2. The van der Waals surface area contributed by atoms with E-state index in [9.17, 15) is 10.2 Å². The van der Waals surface area contributed by atoms with E-state index in [4.69, 9.17) is 9.47 Å². The molecule has 0 fully saturated rings. The minimum absolute atomic E-state index is 0.216. The summed E-state index contributed by atoms with van der Waals surface area (Å²) in [6.45, 7) is 15.6. The summed E-state index contributed by atoms with van der Waals surface area (Å²) < 4.78 is 11.3. The molecule has 184 valence electrons. The molecule has 4 nitrogen and oxygen atoms in total. The number of aromatic hydroxyl groups is 2. The topological polar surface area (TPSA) is 58.9 Å². The number of rotatable bonds is 10. The molecule has 0 radical (unpaired) electrons. The molecule has 0 saturated carbocycles. The SMILES string of the molecule is C=CCOc1cccc2c(OCC=C)cccc12.C=CCc1ccc2c(O)c(CC=C)ccc2c1O. The summed E-state index contributed by atoms with van der Waals surface area (Å²) in [6.07, 6.45) is 8.17. The van der Waals surface area contributed by atoms with E-state index >= 15 is 0 Å². The number of fused-ring (bicyclic) bond motifs is 2. The van der Waals surface area contributed by atoms with Gasteiger partial charge in [-0.1, -0.05) is 86.0 Å². The number of benzene rings is 4. The fourth-order valence-electron chi connectivity index (χ4n) is 3.91. The van der Waals surface area contributed by atoms with E-state index in [2.05, 4.69) is 26.3 Å². The lowest BCUT2D eigenvalue weighted by molar-refractivity contribution is 0.363. The van der Waals surface area contributed by atoms with Gasteiger partial charge in [-0.15, -0.1) is 13.2 Å². The summed E-state index contributed by atoms with van der Waals surface area (Å²) >= 11 is 0. The molecule has 0 aliphatic carbocycles. The maximum absolute atomic E-state index is 10.1. The van der Waals surface area contributed by atoms with E-state index < -0.39 is 0 Å². The minimum atomic E-state index is 0.216. The average molecular weight is 481 g/mol. The van der Waals surface area contributed by atoms with Gasteiger partial charge in [0.05, 0.1) is 0 Å². The van der Waals surface area contributed by atoms with E-state index in [1.807, 2.05) is 60.7 Å². The van der Waals surface area contributed by atoms with Gasteiger partial charge in [0, 0.05) is 21.5 Å². The van der Waals surface area contributed by atoms with Crippen molar-refractivity contribution >= 4 is 21.5 Å². The molecule has 0 atom stereocenters. The lowest BCUT2D eigenvalue weighted by atomic mass is 9.99. The highest BCUT2D eigenvalue weighted by atomic mass is 16.5. The minimum Gasteiger partial charge on any atom is -0.507 e. The van der Waals surface area contributed by atoms with Crippen LogP contribution in [0.15, 0.2) is 111 Å². The summed E-state index contributed by atoms with van der Waals surface area (Å²) in [5, 5.41) is 23.7. The van der Waals surface area contributed by atoms with Crippen LogP contribution in [0.1, 0.15) is 11.1 Å². The Labute approximate surface area is 212 Å². The molecular formula is C32H32O4. The zero-order valence-corrected chi connectivity index (χ0v) is 20.5. The van der Waals surface area contributed by atoms with Crippen molar-refractivity contribution in [2.24, 2.45) is 0 Å². The van der Waals surface area contributed by atoms with Crippen LogP contribution in [0, 0.1) is 0 Å². The Morgan fingerprint density at radius 3 is 1.31 bits per heavy atom. The first-order valence-corrected chi connectivity index (χ1v) is 11.7. The summed E-state index contributed by atoms with van der Waals surface area (Å²) in [5.41, 5.74) is 1.63. The Hall–Kier alpha value is -4.44. The molecular weight excluding hydrogens is 448 g/mol. The molecule has 0 aromatic heterocycles. The molecule has 4 aromatic carbocycles. The molecule has 0 unspecified atom stereocenters. The number of phenolic OH excluding ortho intramolecular Hbond substituents is 2. The Bertz CT molecular complexity index is 1280. The quantitative estimate of drug-likeness (QED) is 0.229. The highest BCUT2D eigenvalue weighted by Gasteiger charge is 2.11. The molecule has 0 spiro atoms. The van der Waals surface area contributed by atoms with Gasteiger partial charge in [-0.3, -0.25) is 0 Å². The van der Waals surface area contributed by atoms with Crippen molar-refractivity contribution in [3.63, 3.8) is 0 Å². The maximum atomic E-state index is 10.1. The first-order valence-electron chi connectivity index (χ1n) is 11.7. The molecule has 0 aliphatic heterocycles. The van der Waals surface area contributed by atoms with Gasteiger partial charge in [-0.2, -0.15) is 0 Å². The van der Waals surface area contributed by atoms with Crippen molar-refractivity contribution in [2.75, 3.05) is 13.2 Å². The molecule has 0 heterocycles. The number of phenols is 2. The van der Waals surface area contributed by atoms with Crippen LogP contribution in [0.5, 0.6) is 23.0 Å². The monoisotopic (exact) mass is 480 g/mol. The summed E-state index contributed by atoms with van der Waals surface area (Å²) in [5.74, 6) is 2.12. The second-order valence-corrected chi connectivity index (χ2v) is 8.03. The zero-order valence-electron chi connectivity index (χ0n) is 20.5. The van der Waals surface area contributed by atoms with Crippen LogP contribution in [-0.4, -0.2) is 23.4 Å². The second kappa shape index (κ2) is 12.9. The van der Waals surface area contributed by atoms with Crippen molar-refractivity contribution in [3.8, 4) is 23.0 Å². The van der Waals surface area contributed by atoms with Crippen LogP contribution in [0.4, 0.5) is 0 Å². The van der Waals surface area contributed by atoms with Crippen molar-refractivity contribution in [1.82, 2.24) is 0 Å². The van der Waals surface area contributed by atoms with Crippen LogP contribution < -0.4 is 9.47 Å². The number of allylic oxidation sites excluding steroid dienone is 2. The third kappa shape index (κ3) is 5.97. The maximum Gasteiger partial charge on any atom is 0.127 e. The fourth-order valence-corrected chi connectivity index (χ4v) is 3.91. The van der Waals surface area contributed by atoms with Crippen LogP contribution in [0.3, 0.4) is 0 Å². The van der Waals surface area contributed by atoms with Gasteiger partial charge in [0.25, 0.3) is 0 Å². The summed E-state index contributed by atoms with van der Waals surface area (Å²) in [7, 11) is 0. The predicted molar refractivity (Wildman–Crippen MR) is 150 cm³/mol. The molecule has 4 aromatic rings. The van der Waals surface area contributed by atoms with E-state index in [1.54, 1.807) is 24.3 Å². The van der Waals surface area contributed by atoms with Crippen molar-refractivity contribution < 1.29 is 19.7 Å². The third-order valence-corrected chi connectivity index (χ3v) is 5.60. The van der Waals surface area contributed by atoms with Gasteiger partial charge in [0.15, 0.2) is 0 Å². The highest BCUT2D eigenvalue weighted by molar-refractivity contribution is 5.95. The molecule has 4 rings (SSSR count). The standard InChI is InChI=1S/2C16H16O2/c1-3-11-17-15-9-5-8-14-13(15)7-6-10-16(14)18-12-4-2;1-3-5-11-7-9-14-13(15(11)17)10-8-12(6-4-2)16(14)18/h3-10H,1-2,11-12H2;3-4,7-10,17-18H,1-2,5-6H2. The third-order valence-electron chi connectivity index (χ3n) is 5.60. The van der Waals surface area contributed by atoms with Crippen molar-refractivity contribution in [3.05, 3.63) is 122 Å². The van der Waals surface area contributed by atoms with Gasteiger partial charge in [0.2, 0.25) is 0 Å². The summed E-state index contributed by atoms with van der Waals surface area (Å²) in [4.78, 5) is 0. The van der Waals surface area contributed by atoms with E-state index in [0.717, 1.165) is 33.4 Å². The first kappa shape index (κ1) is 26.2. The fraction of sp³-hybridized carbons (Fsp3) is 0.125. The van der Waals surface area contributed by atoms with Gasteiger partial charge < -0.3 is 19.7 Å². The number of hydrogen-bond donors (Lipinski definition) is 2. The Morgan fingerprint density at radius 2 is 0.944 bits per heavy atom. The Kier molecular flexibility index (Phi) is 9.35. The first-order chi connectivity index (χ1) is 17.5. The smallest absolute Gasteiger partial charge is 0.127 e. The molecule has 4 heteroatoms. The predicted octanol–water partition coefficient (Wildman–Crippen LogP) is 7.68. The molecule has 0 bridgehead atoms. The van der Waals surface area contributed by atoms with Crippen LogP contribution in [-0.2, 0) is 12.8 Å². The van der Waals surface area contributed by atoms with Gasteiger partial charge >= 0.3 is 0 Å². The Balaban J connectivity index is 0.000000201. The van der Waals surface area contributed by atoms with E-state index in [-0.39, 0.29) is 11.5 Å². The lowest BCUT2D eigenvalue weighted by Gasteiger charge is -2.11. The zero-order chi connectivity index (χ0) is 25.9.